The van der Waals surface area contributed by atoms with Gasteiger partial charge in [-0.2, -0.15) is 9.78 Å². The third-order valence-corrected chi connectivity index (χ3v) is 6.50. The number of halogens is 1. The van der Waals surface area contributed by atoms with Gasteiger partial charge in [-0.3, -0.25) is 4.79 Å². The molecule has 10 heteroatoms. The van der Waals surface area contributed by atoms with Gasteiger partial charge >= 0.3 is 0 Å². The Bertz CT molecular complexity index is 1520. The van der Waals surface area contributed by atoms with Crippen LogP contribution in [0.4, 0.5) is 5.82 Å². The average molecular weight is 506 g/mol. The lowest BCUT2D eigenvalue weighted by atomic mass is 10.1. The van der Waals surface area contributed by atoms with Crippen molar-refractivity contribution in [3.8, 4) is 33.4 Å². The van der Waals surface area contributed by atoms with E-state index in [-0.39, 0.29) is 5.91 Å². The lowest BCUT2D eigenvalue weighted by molar-refractivity contribution is 0.102. The number of carbonyl (C=O) groups excluding carboxylic acids is 1. The largest absolute Gasteiger partial charge is 0.497 e. The van der Waals surface area contributed by atoms with Gasteiger partial charge in [0.15, 0.2) is 0 Å². The molecule has 0 saturated heterocycles. The maximum Gasteiger partial charge on any atom is 0.262 e. The van der Waals surface area contributed by atoms with Crippen molar-refractivity contribution >= 4 is 34.7 Å². The number of amides is 1. The molecule has 0 aliphatic heterocycles. The van der Waals surface area contributed by atoms with Crippen LogP contribution in [0.1, 0.15) is 21.8 Å². The fraction of sp³-hybridized carbons (Fsp3) is 0.120. The Hall–Kier alpha value is -3.95. The monoisotopic (exact) mass is 505 g/mol. The number of nitrogens with zero attached hydrogens (tertiary/aromatic N) is 4. The van der Waals surface area contributed by atoms with E-state index in [2.05, 4.69) is 15.6 Å². The minimum atomic E-state index is -0.383. The first-order valence-corrected chi connectivity index (χ1v) is 11.9. The topological polar surface area (TPSA) is 95.1 Å². The predicted octanol–water partition coefficient (Wildman–Crippen LogP) is 6.18. The fourth-order valence-electron chi connectivity index (χ4n) is 3.65. The number of aryl methyl sites for hydroxylation is 2. The third-order valence-electron chi connectivity index (χ3n) is 5.35. The van der Waals surface area contributed by atoms with Crippen LogP contribution in [-0.2, 0) is 0 Å². The number of hydrogen-bond acceptors (Lipinski definition) is 7. The van der Waals surface area contributed by atoms with Gasteiger partial charge < -0.3 is 14.6 Å². The summed E-state index contributed by atoms with van der Waals surface area (Å²) in [5.74, 6) is 1.26. The molecular weight excluding hydrogens is 486 g/mol. The van der Waals surface area contributed by atoms with Gasteiger partial charge in [-0.25, -0.2) is 4.98 Å². The first kappa shape index (κ1) is 22.8. The van der Waals surface area contributed by atoms with Crippen molar-refractivity contribution in [3.05, 3.63) is 82.0 Å². The highest BCUT2D eigenvalue weighted by Crippen LogP contribution is 2.32. The quantitative estimate of drug-likeness (QED) is 0.296. The normalized spacial score (nSPS) is 11.0. The summed E-state index contributed by atoms with van der Waals surface area (Å²) in [6.45, 7) is 3.54. The summed E-state index contributed by atoms with van der Waals surface area (Å²) in [7, 11) is 1.63. The highest BCUT2D eigenvalue weighted by molar-refractivity contribution is 7.12. The molecule has 0 aliphatic carbocycles. The van der Waals surface area contributed by atoms with E-state index in [1.165, 1.54) is 11.3 Å². The van der Waals surface area contributed by atoms with Gasteiger partial charge in [0.2, 0.25) is 5.13 Å². The van der Waals surface area contributed by atoms with Gasteiger partial charge in [0.05, 0.1) is 23.5 Å². The van der Waals surface area contributed by atoms with E-state index in [9.17, 15) is 4.79 Å². The zero-order valence-electron chi connectivity index (χ0n) is 19.1. The maximum atomic E-state index is 13.4. The van der Waals surface area contributed by atoms with E-state index in [0.717, 1.165) is 22.7 Å². The summed E-state index contributed by atoms with van der Waals surface area (Å²) >= 11 is 7.76. The molecule has 3 aromatic heterocycles. The number of aromatic nitrogens is 4. The Kier molecular flexibility index (Phi) is 6.10. The molecule has 0 radical (unpaired) electrons. The molecule has 0 fully saturated rings. The first-order chi connectivity index (χ1) is 16.9. The Balaban J connectivity index is 1.46. The lowest BCUT2D eigenvalue weighted by Gasteiger charge is -2.08. The molecule has 0 saturated carbocycles. The molecule has 0 aliphatic rings. The van der Waals surface area contributed by atoms with Gasteiger partial charge in [0, 0.05) is 22.6 Å². The van der Waals surface area contributed by atoms with E-state index in [1.807, 2.05) is 48.7 Å². The third kappa shape index (κ3) is 4.43. The molecule has 0 spiro atoms. The van der Waals surface area contributed by atoms with Crippen molar-refractivity contribution in [2.24, 2.45) is 0 Å². The van der Waals surface area contributed by atoms with Crippen molar-refractivity contribution in [2.75, 3.05) is 12.4 Å². The second-order valence-corrected chi connectivity index (χ2v) is 8.97. The van der Waals surface area contributed by atoms with Gasteiger partial charge in [0.1, 0.15) is 28.6 Å². The zero-order chi connectivity index (χ0) is 24.5. The van der Waals surface area contributed by atoms with Crippen LogP contribution in [0.3, 0.4) is 0 Å². The summed E-state index contributed by atoms with van der Waals surface area (Å²) in [6, 6.07) is 16.6. The molecular formula is C25H20ClN5O3S. The number of carbonyl (C=O) groups is 1. The standard InChI is InChI=1S/C25H20ClN5O3S/c1-14-12-21(28-24(32)22-15(2)34-30-23(22)18-6-4-5-7-19(18)26)31(29-14)25-27-20(13-35-25)16-8-10-17(33-3)11-9-16/h4-13H,1-3H3,(H,28,32). The molecule has 176 valence electrons. The number of nitrogens with one attached hydrogen (secondary N) is 1. The minimum Gasteiger partial charge on any atom is -0.497 e. The number of anilines is 1. The van der Waals surface area contributed by atoms with Crippen molar-refractivity contribution in [1.82, 2.24) is 19.9 Å². The molecule has 0 unspecified atom stereocenters. The smallest absolute Gasteiger partial charge is 0.262 e. The molecule has 5 rings (SSSR count). The van der Waals surface area contributed by atoms with Crippen LogP contribution in [0, 0.1) is 13.8 Å². The summed E-state index contributed by atoms with van der Waals surface area (Å²) in [4.78, 5) is 18.1. The minimum absolute atomic E-state index is 0.307. The van der Waals surface area contributed by atoms with Crippen molar-refractivity contribution in [3.63, 3.8) is 0 Å². The van der Waals surface area contributed by atoms with E-state index in [0.29, 0.717) is 38.6 Å². The Morgan fingerprint density at radius 2 is 1.91 bits per heavy atom. The summed E-state index contributed by atoms with van der Waals surface area (Å²) in [5, 5.41) is 14.6. The molecule has 1 N–H and O–H groups in total. The SMILES string of the molecule is COc1ccc(-c2csc(-n3nc(C)cc3NC(=O)c3c(-c4ccccc4Cl)noc3C)n2)cc1. The molecule has 2 aromatic carbocycles. The average Bonchev–Trinajstić information content (AvgIpc) is 3.58. The molecule has 3 heterocycles. The van der Waals surface area contributed by atoms with Crippen LogP contribution in [0.25, 0.3) is 27.6 Å². The molecule has 0 bridgehead atoms. The van der Waals surface area contributed by atoms with E-state index >= 15 is 0 Å². The molecule has 1 amide bonds. The van der Waals surface area contributed by atoms with Crippen LogP contribution in [0.5, 0.6) is 5.75 Å². The van der Waals surface area contributed by atoms with Gasteiger partial charge in [-0.1, -0.05) is 35.0 Å². The van der Waals surface area contributed by atoms with Crippen molar-refractivity contribution < 1.29 is 14.1 Å². The molecule has 5 aromatic rings. The number of benzene rings is 2. The van der Waals surface area contributed by atoms with Gasteiger partial charge in [-0.15, -0.1) is 11.3 Å². The lowest BCUT2D eigenvalue weighted by Crippen LogP contribution is -2.16. The molecule has 35 heavy (non-hydrogen) atoms. The number of thiazole rings is 1. The highest BCUT2D eigenvalue weighted by Gasteiger charge is 2.24. The number of methoxy groups -OCH3 is 1. The number of hydrogen-bond donors (Lipinski definition) is 1. The van der Waals surface area contributed by atoms with Crippen LogP contribution in [0.2, 0.25) is 5.02 Å². The van der Waals surface area contributed by atoms with E-state index in [1.54, 1.807) is 36.9 Å². The fourth-order valence-corrected chi connectivity index (χ4v) is 4.67. The number of ether oxygens (including phenoxy) is 1. The molecule has 8 nitrogen and oxygen atoms in total. The summed E-state index contributed by atoms with van der Waals surface area (Å²) in [5.41, 5.74) is 3.78. The zero-order valence-corrected chi connectivity index (χ0v) is 20.6. The van der Waals surface area contributed by atoms with Crippen molar-refractivity contribution in [2.45, 2.75) is 13.8 Å². The van der Waals surface area contributed by atoms with Crippen LogP contribution >= 0.6 is 22.9 Å². The summed E-state index contributed by atoms with van der Waals surface area (Å²) < 4.78 is 12.2. The number of rotatable bonds is 6. The second-order valence-electron chi connectivity index (χ2n) is 7.72. The first-order valence-electron chi connectivity index (χ1n) is 10.6. The van der Waals surface area contributed by atoms with Crippen molar-refractivity contribution in [1.29, 1.82) is 0 Å². The van der Waals surface area contributed by atoms with Crippen LogP contribution in [-0.4, -0.2) is 32.9 Å². The van der Waals surface area contributed by atoms with Gasteiger partial charge in [0.25, 0.3) is 5.91 Å². The predicted molar refractivity (Wildman–Crippen MR) is 136 cm³/mol. The maximum absolute atomic E-state index is 13.4. The highest BCUT2D eigenvalue weighted by atomic mass is 35.5. The Labute approximate surface area is 210 Å². The Morgan fingerprint density at radius 1 is 1.14 bits per heavy atom. The second kappa shape index (κ2) is 9.36. The van der Waals surface area contributed by atoms with E-state index < -0.39 is 0 Å². The van der Waals surface area contributed by atoms with Crippen LogP contribution in [0.15, 0.2) is 64.5 Å². The van der Waals surface area contributed by atoms with Gasteiger partial charge in [-0.05, 0) is 44.2 Å². The Morgan fingerprint density at radius 3 is 2.66 bits per heavy atom. The molecule has 0 atom stereocenters. The van der Waals surface area contributed by atoms with E-state index in [4.69, 9.17) is 25.8 Å². The summed E-state index contributed by atoms with van der Waals surface area (Å²) in [6.07, 6.45) is 0. The van der Waals surface area contributed by atoms with Crippen LogP contribution < -0.4 is 10.1 Å².